The third-order valence-corrected chi connectivity index (χ3v) is 4.03. The van der Waals surface area contributed by atoms with Gasteiger partial charge in [-0.2, -0.15) is 0 Å². The maximum absolute atomic E-state index is 5.69. The smallest absolute Gasteiger partial charge is 0.0466 e. The van der Waals surface area contributed by atoms with Crippen molar-refractivity contribution in [3.8, 4) is 0 Å². The first kappa shape index (κ1) is 16.7. The summed E-state index contributed by atoms with van der Waals surface area (Å²) in [6, 6.07) is 10.8. The van der Waals surface area contributed by atoms with Crippen LogP contribution in [0.25, 0.3) is 0 Å². The number of ether oxygens (including phenoxy) is 1. The van der Waals surface area contributed by atoms with E-state index in [1.165, 1.54) is 37.7 Å². The van der Waals surface area contributed by atoms with Crippen LogP contribution in [0.5, 0.6) is 0 Å². The number of unbranched alkanes of at least 4 members (excludes halogenated alkanes) is 3. The van der Waals surface area contributed by atoms with Crippen molar-refractivity contribution < 1.29 is 4.74 Å². The van der Waals surface area contributed by atoms with Gasteiger partial charge in [0.1, 0.15) is 0 Å². The van der Waals surface area contributed by atoms with E-state index >= 15 is 0 Å². The van der Waals surface area contributed by atoms with Gasteiger partial charge in [0.15, 0.2) is 0 Å². The van der Waals surface area contributed by atoms with Gasteiger partial charge in [-0.3, -0.25) is 0 Å². The highest BCUT2D eigenvalue weighted by Gasteiger charge is 2.03. The van der Waals surface area contributed by atoms with Crippen LogP contribution in [0.3, 0.4) is 0 Å². The zero-order valence-corrected chi connectivity index (χ0v) is 13.7. The van der Waals surface area contributed by atoms with Gasteiger partial charge in [0.05, 0.1) is 0 Å². The average Bonchev–Trinajstić information content (AvgIpc) is 2.46. The predicted octanol–water partition coefficient (Wildman–Crippen LogP) is 5.54. The molecule has 0 saturated carbocycles. The van der Waals surface area contributed by atoms with Crippen molar-refractivity contribution in [2.45, 2.75) is 51.4 Å². The van der Waals surface area contributed by atoms with Crippen molar-refractivity contribution in [3.63, 3.8) is 0 Å². The fourth-order valence-electron chi connectivity index (χ4n) is 2.19. The van der Waals surface area contributed by atoms with Gasteiger partial charge in [-0.05, 0) is 37.2 Å². The SMILES string of the molecule is CC(CCCOCCCCCCBr)c1ccccc1. The van der Waals surface area contributed by atoms with Gasteiger partial charge in [-0.15, -0.1) is 0 Å². The Bertz CT molecular complexity index is 299. The molecule has 0 bridgehead atoms. The summed E-state index contributed by atoms with van der Waals surface area (Å²) in [6.07, 6.45) is 7.49. The van der Waals surface area contributed by atoms with Crippen LogP contribution >= 0.6 is 15.9 Å². The molecule has 0 spiro atoms. The number of halogens is 1. The third-order valence-electron chi connectivity index (χ3n) is 3.47. The van der Waals surface area contributed by atoms with Crippen LogP contribution in [-0.2, 0) is 4.74 Å². The summed E-state index contributed by atoms with van der Waals surface area (Å²) in [5, 5.41) is 1.13. The molecule has 1 atom stereocenters. The summed E-state index contributed by atoms with van der Waals surface area (Å²) in [5.41, 5.74) is 1.44. The number of hydrogen-bond acceptors (Lipinski definition) is 1. The quantitative estimate of drug-likeness (QED) is 0.383. The maximum atomic E-state index is 5.69. The van der Waals surface area contributed by atoms with Gasteiger partial charge >= 0.3 is 0 Å². The molecule has 1 nitrogen and oxygen atoms in total. The average molecular weight is 327 g/mol. The van der Waals surface area contributed by atoms with E-state index in [2.05, 4.69) is 53.2 Å². The molecule has 0 aliphatic rings. The zero-order chi connectivity index (χ0) is 13.8. The molecule has 2 heteroatoms. The van der Waals surface area contributed by atoms with E-state index in [0.717, 1.165) is 25.0 Å². The Kier molecular flexibility index (Phi) is 10.1. The van der Waals surface area contributed by atoms with Gasteiger partial charge in [-0.1, -0.05) is 66.0 Å². The Labute approximate surface area is 126 Å². The molecule has 108 valence electrons. The van der Waals surface area contributed by atoms with E-state index in [1.807, 2.05) is 0 Å². The lowest BCUT2D eigenvalue weighted by atomic mass is 9.97. The minimum atomic E-state index is 0.642. The third kappa shape index (κ3) is 8.43. The fraction of sp³-hybridized carbons (Fsp3) is 0.647. The molecular weight excluding hydrogens is 300 g/mol. The van der Waals surface area contributed by atoms with Gasteiger partial charge in [0.2, 0.25) is 0 Å². The molecule has 0 amide bonds. The topological polar surface area (TPSA) is 9.23 Å². The summed E-state index contributed by atoms with van der Waals surface area (Å²) in [4.78, 5) is 0. The molecule has 19 heavy (non-hydrogen) atoms. The largest absolute Gasteiger partial charge is 0.381 e. The number of benzene rings is 1. The molecule has 0 radical (unpaired) electrons. The van der Waals surface area contributed by atoms with Crippen molar-refractivity contribution in [1.82, 2.24) is 0 Å². The van der Waals surface area contributed by atoms with Crippen LogP contribution in [0, 0.1) is 0 Å². The Morgan fingerprint density at radius 1 is 0.947 bits per heavy atom. The van der Waals surface area contributed by atoms with Crippen molar-refractivity contribution in [1.29, 1.82) is 0 Å². The van der Waals surface area contributed by atoms with Gasteiger partial charge < -0.3 is 4.74 Å². The van der Waals surface area contributed by atoms with Gasteiger partial charge in [0.25, 0.3) is 0 Å². The summed E-state index contributed by atoms with van der Waals surface area (Å²) in [5.74, 6) is 0.642. The first-order valence-corrected chi connectivity index (χ1v) is 8.65. The van der Waals surface area contributed by atoms with Crippen LogP contribution in [0.15, 0.2) is 30.3 Å². The second-order valence-electron chi connectivity index (χ2n) is 5.17. The molecule has 0 aromatic heterocycles. The zero-order valence-electron chi connectivity index (χ0n) is 12.1. The lowest BCUT2D eigenvalue weighted by Gasteiger charge is -2.11. The van der Waals surface area contributed by atoms with E-state index in [9.17, 15) is 0 Å². The lowest BCUT2D eigenvalue weighted by molar-refractivity contribution is 0.125. The summed E-state index contributed by atoms with van der Waals surface area (Å²) < 4.78 is 5.69. The first-order chi connectivity index (χ1) is 9.34. The Morgan fingerprint density at radius 2 is 1.63 bits per heavy atom. The fourth-order valence-corrected chi connectivity index (χ4v) is 2.59. The Hall–Kier alpha value is -0.340. The van der Waals surface area contributed by atoms with Crippen LogP contribution in [0.2, 0.25) is 0 Å². The predicted molar refractivity (Wildman–Crippen MR) is 87.2 cm³/mol. The summed E-state index contributed by atoms with van der Waals surface area (Å²) >= 11 is 3.45. The summed E-state index contributed by atoms with van der Waals surface area (Å²) in [7, 11) is 0. The molecule has 0 N–H and O–H groups in total. The second-order valence-corrected chi connectivity index (χ2v) is 5.96. The maximum Gasteiger partial charge on any atom is 0.0466 e. The van der Waals surface area contributed by atoms with E-state index in [-0.39, 0.29) is 0 Å². The Balaban J connectivity index is 1.93. The van der Waals surface area contributed by atoms with Crippen LogP contribution < -0.4 is 0 Å². The van der Waals surface area contributed by atoms with Crippen LogP contribution in [-0.4, -0.2) is 18.5 Å². The standard InChI is InChI=1S/C17H27BrO/c1-16(17-11-5-4-6-12-17)10-9-15-19-14-8-3-2-7-13-18/h4-6,11-12,16H,2-3,7-10,13-15H2,1H3. The molecule has 1 unspecified atom stereocenters. The highest BCUT2D eigenvalue weighted by molar-refractivity contribution is 9.09. The van der Waals surface area contributed by atoms with E-state index in [0.29, 0.717) is 5.92 Å². The Morgan fingerprint density at radius 3 is 2.37 bits per heavy atom. The van der Waals surface area contributed by atoms with Crippen molar-refractivity contribution in [2.75, 3.05) is 18.5 Å². The van der Waals surface area contributed by atoms with Crippen molar-refractivity contribution in [2.24, 2.45) is 0 Å². The van der Waals surface area contributed by atoms with Gasteiger partial charge in [0, 0.05) is 18.5 Å². The minimum Gasteiger partial charge on any atom is -0.381 e. The molecule has 1 rings (SSSR count). The monoisotopic (exact) mass is 326 g/mol. The highest BCUT2D eigenvalue weighted by Crippen LogP contribution is 2.19. The molecule has 0 fully saturated rings. The second kappa shape index (κ2) is 11.5. The molecule has 1 aromatic carbocycles. The number of rotatable bonds is 11. The number of hydrogen-bond donors (Lipinski definition) is 0. The molecule has 1 aromatic rings. The molecule has 0 heterocycles. The summed E-state index contributed by atoms with van der Waals surface area (Å²) in [6.45, 7) is 4.15. The normalized spacial score (nSPS) is 12.5. The molecule has 0 aliphatic heterocycles. The molecule has 0 saturated heterocycles. The van der Waals surface area contributed by atoms with Crippen LogP contribution in [0.4, 0.5) is 0 Å². The first-order valence-electron chi connectivity index (χ1n) is 7.53. The van der Waals surface area contributed by atoms with Gasteiger partial charge in [-0.25, -0.2) is 0 Å². The van der Waals surface area contributed by atoms with E-state index < -0.39 is 0 Å². The molecular formula is C17H27BrO. The van der Waals surface area contributed by atoms with Crippen molar-refractivity contribution >= 4 is 15.9 Å². The minimum absolute atomic E-state index is 0.642. The lowest BCUT2D eigenvalue weighted by Crippen LogP contribution is -2.00. The van der Waals surface area contributed by atoms with E-state index in [1.54, 1.807) is 0 Å². The van der Waals surface area contributed by atoms with Crippen LogP contribution in [0.1, 0.15) is 56.9 Å². The van der Waals surface area contributed by atoms with Crippen molar-refractivity contribution in [3.05, 3.63) is 35.9 Å². The molecule has 0 aliphatic carbocycles. The highest BCUT2D eigenvalue weighted by atomic mass is 79.9. The van der Waals surface area contributed by atoms with E-state index in [4.69, 9.17) is 4.74 Å². The number of alkyl halides is 1.